The van der Waals surface area contributed by atoms with E-state index < -0.39 is 9.84 Å². The van der Waals surface area contributed by atoms with E-state index in [4.69, 9.17) is 5.73 Å². The van der Waals surface area contributed by atoms with Gasteiger partial charge in [0, 0.05) is 17.1 Å². The minimum Gasteiger partial charge on any atom is -0.399 e. The van der Waals surface area contributed by atoms with E-state index in [0.29, 0.717) is 24.3 Å². The molecule has 2 heterocycles. The Hall–Kier alpha value is -1.89. The monoisotopic (exact) mass is 292 g/mol. The van der Waals surface area contributed by atoms with Gasteiger partial charge in [0.15, 0.2) is 0 Å². The van der Waals surface area contributed by atoms with Crippen molar-refractivity contribution in [3.05, 3.63) is 24.5 Å². The molecule has 1 saturated heterocycles. The number of nitrogen functional groups attached to an aromatic ring is 1. The third kappa shape index (κ3) is 2.67. The van der Waals surface area contributed by atoms with E-state index in [2.05, 4.69) is 15.3 Å². The second kappa shape index (κ2) is 4.90. The van der Waals surface area contributed by atoms with Crippen LogP contribution in [0.2, 0.25) is 0 Å². The van der Waals surface area contributed by atoms with Gasteiger partial charge in [0.2, 0.25) is 0 Å². The fraction of sp³-hybridized carbons (Fsp3) is 0.385. The maximum Gasteiger partial charge on any atom is 0.150 e. The van der Waals surface area contributed by atoms with Gasteiger partial charge in [-0.2, -0.15) is 0 Å². The van der Waals surface area contributed by atoms with E-state index in [-0.39, 0.29) is 17.5 Å². The summed E-state index contributed by atoms with van der Waals surface area (Å²) in [5.41, 5.74) is 7.27. The summed E-state index contributed by atoms with van der Waals surface area (Å²) in [5.74, 6) is 1.18. The molecule has 1 aliphatic heterocycles. The van der Waals surface area contributed by atoms with Crippen LogP contribution in [0.1, 0.15) is 12.8 Å². The van der Waals surface area contributed by atoms with Crippen molar-refractivity contribution in [1.82, 2.24) is 9.97 Å². The van der Waals surface area contributed by atoms with Crippen LogP contribution in [0.25, 0.3) is 10.9 Å². The van der Waals surface area contributed by atoms with Crippen molar-refractivity contribution in [3.8, 4) is 0 Å². The second-order valence-corrected chi connectivity index (χ2v) is 7.37. The molecule has 1 aromatic heterocycles. The Morgan fingerprint density at radius 1 is 1.20 bits per heavy atom. The second-order valence-electron chi connectivity index (χ2n) is 5.07. The van der Waals surface area contributed by atoms with Crippen LogP contribution >= 0.6 is 0 Å². The van der Waals surface area contributed by atoms with Crippen LogP contribution in [0, 0.1) is 0 Å². The Bertz CT molecular complexity index is 731. The molecule has 0 aliphatic carbocycles. The molecule has 6 nitrogen and oxygen atoms in total. The number of sulfone groups is 1. The lowest BCUT2D eigenvalue weighted by molar-refractivity contribution is 0.559. The lowest BCUT2D eigenvalue weighted by Crippen LogP contribution is -2.32. The van der Waals surface area contributed by atoms with Crippen LogP contribution in [0.15, 0.2) is 24.5 Å². The number of hydrogen-bond donors (Lipinski definition) is 2. The average Bonchev–Trinajstić information content (AvgIpc) is 2.42. The molecule has 0 atom stereocenters. The normalized spacial score (nSPS) is 19.0. The Kier molecular flexibility index (Phi) is 3.21. The minimum absolute atomic E-state index is 0.123. The van der Waals surface area contributed by atoms with Gasteiger partial charge < -0.3 is 11.1 Å². The smallest absolute Gasteiger partial charge is 0.150 e. The molecular weight excluding hydrogens is 276 g/mol. The predicted octanol–water partition coefficient (Wildman–Crippen LogP) is 1.20. The summed E-state index contributed by atoms with van der Waals surface area (Å²) in [6.07, 6.45) is 2.71. The fourth-order valence-electron chi connectivity index (χ4n) is 2.42. The molecule has 0 amide bonds. The highest BCUT2D eigenvalue weighted by Gasteiger charge is 2.24. The quantitative estimate of drug-likeness (QED) is 0.807. The van der Waals surface area contributed by atoms with Gasteiger partial charge in [0.1, 0.15) is 22.0 Å². The number of aromatic nitrogens is 2. The van der Waals surface area contributed by atoms with Crippen molar-refractivity contribution in [3.63, 3.8) is 0 Å². The molecule has 2 aromatic rings. The van der Waals surface area contributed by atoms with Crippen molar-refractivity contribution in [2.45, 2.75) is 18.9 Å². The molecule has 1 fully saturated rings. The first-order valence-electron chi connectivity index (χ1n) is 6.51. The minimum atomic E-state index is -2.85. The van der Waals surface area contributed by atoms with Crippen LogP contribution in [0.4, 0.5) is 11.5 Å². The summed E-state index contributed by atoms with van der Waals surface area (Å²) in [7, 11) is -2.85. The van der Waals surface area contributed by atoms with Gasteiger partial charge in [0.05, 0.1) is 17.0 Å². The number of anilines is 2. The highest BCUT2D eigenvalue weighted by molar-refractivity contribution is 7.91. The zero-order valence-corrected chi connectivity index (χ0v) is 11.7. The van der Waals surface area contributed by atoms with Crippen LogP contribution in [0.5, 0.6) is 0 Å². The number of nitrogens with two attached hydrogens (primary N) is 1. The zero-order valence-electron chi connectivity index (χ0n) is 10.9. The van der Waals surface area contributed by atoms with Gasteiger partial charge in [-0.05, 0) is 31.0 Å². The summed E-state index contributed by atoms with van der Waals surface area (Å²) in [4.78, 5) is 8.45. The number of nitrogens with zero attached hydrogens (tertiary/aromatic N) is 2. The summed E-state index contributed by atoms with van der Waals surface area (Å²) < 4.78 is 22.9. The van der Waals surface area contributed by atoms with Gasteiger partial charge in [0.25, 0.3) is 0 Å². The molecular formula is C13H16N4O2S. The maximum absolute atomic E-state index is 11.4. The molecule has 1 aliphatic rings. The van der Waals surface area contributed by atoms with Gasteiger partial charge in [-0.1, -0.05) is 0 Å². The molecule has 0 unspecified atom stereocenters. The summed E-state index contributed by atoms with van der Waals surface area (Å²) in [6, 6.07) is 5.60. The largest absolute Gasteiger partial charge is 0.399 e. The third-order valence-electron chi connectivity index (χ3n) is 3.55. The Morgan fingerprint density at radius 2 is 1.95 bits per heavy atom. The van der Waals surface area contributed by atoms with Crippen molar-refractivity contribution in [1.29, 1.82) is 0 Å². The number of hydrogen-bond acceptors (Lipinski definition) is 6. The molecule has 0 saturated carbocycles. The molecule has 0 spiro atoms. The van der Waals surface area contributed by atoms with E-state index >= 15 is 0 Å². The van der Waals surface area contributed by atoms with Crippen LogP contribution in [0.3, 0.4) is 0 Å². The van der Waals surface area contributed by atoms with E-state index in [1.807, 2.05) is 12.1 Å². The molecule has 7 heteroatoms. The Labute approximate surface area is 117 Å². The van der Waals surface area contributed by atoms with Crippen molar-refractivity contribution >= 4 is 32.2 Å². The van der Waals surface area contributed by atoms with Gasteiger partial charge in [-0.25, -0.2) is 18.4 Å². The summed E-state index contributed by atoms with van der Waals surface area (Å²) in [6.45, 7) is 0. The van der Waals surface area contributed by atoms with Crippen molar-refractivity contribution < 1.29 is 8.42 Å². The lowest BCUT2D eigenvalue weighted by atomic mass is 10.1. The maximum atomic E-state index is 11.4. The fourth-order valence-corrected chi connectivity index (χ4v) is 3.91. The van der Waals surface area contributed by atoms with Gasteiger partial charge in [-0.15, -0.1) is 0 Å². The Morgan fingerprint density at radius 3 is 2.70 bits per heavy atom. The van der Waals surface area contributed by atoms with Crippen molar-refractivity contribution in [2.75, 3.05) is 22.6 Å². The third-order valence-corrected chi connectivity index (χ3v) is 5.27. The Balaban J connectivity index is 1.86. The molecule has 106 valence electrons. The predicted molar refractivity (Wildman–Crippen MR) is 79.2 cm³/mol. The molecule has 0 bridgehead atoms. The van der Waals surface area contributed by atoms with Gasteiger partial charge >= 0.3 is 0 Å². The first kappa shape index (κ1) is 13.1. The molecule has 20 heavy (non-hydrogen) atoms. The SMILES string of the molecule is Nc1ccc2ncnc(NC3CCS(=O)(=O)CC3)c2c1. The van der Waals surface area contributed by atoms with E-state index in [1.54, 1.807) is 6.07 Å². The average molecular weight is 292 g/mol. The summed E-state index contributed by atoms with van der Waals surface area (Å²) in [5, 5.41) is 4.18. The highest BCUT2D eigenvalue weighted by atomic mass is 32.2. The lowest BCUT2D eigenvalue weighted by Gasteiger charge is -2.24. The van der Waals surface area contributed by atoms with Gasteiger partial charge in [-0.3, -0.25) is 0 Å². The standard InChI is InChI=1S/C13H16N4O2S/c14-9-1-2-12-11(7-9)13(16-8-15-12)17-10-3-5-20(18,19)6-4-10/h1-2,7-8,10H,3-6,14H2,(H,15,16,17). The number of rotatable bonds is 2. The zero-order chi connectivity index (χ0) is 14.2. The number of benzene rings is 1. The summed E-state index contributed by atoms with van der Waals surface area (Å²) >= 11 is 0. The topological polar surface area (TPSA) is 98.0 Å². The van der Waals surface area contributed by atoms with E-state index in [1.165, 1.54) is 6.33 Å². The number of nitrogens with one attached hydrogen (secondary N) is 1. The number of fused-ring (bicyclic) bond motifs is 1. The highest BCUT2D eigenvalue weighted by Crippen LogP contribution is 2.24. The molecule has 1 aromatic carbocycles. The first-order valence-corrected chi connectivity index (χ1v) is 8.33. The van der Waals surface area contributed by atoms with Crippen molar-refractivity contribution in [2.24, 2.45) is 0 Å². The van der Waals surface area contributed by atoms with E-state index in [9.17, 15) is 8.42 Å². The molecule has 3 N–H and O–H groups in total. The molecule has 0 radical (unpaired) electrons. The van der Waals surface area contributed by atoms with E-state index in [0.717, 1.165) is 10.9 Å². The van der Waals surface area contributed by atoms with Crippen LogP contribution < -0.4 is 11.1 Å². The van der Waals surface area contributed by atoms with Crippen LogP contribution in [-0.4, -0.2) is 35.9 Å². The molecule has 3 rings (SSSR count). The van der Waals surface area contributed by atoms with Crippen LogP contribution in [-0.2, 0) is 9.84 Å². The first-order chi connectivity index (χ1) is 9.53.